The predicted molar refractivity (Wildman–Crippen MR) is 133 cm³/mol. The van der Waals surface area contributed by atoms with E-state index in [2.05, 4.69) is 15.5 Å². The number of nitrogens with one attached hydrogen (secondary N) is 1. The Balaban J connectivity index is 1.69. The molecule has 0 bridgehead atoms. The second kappa shape index (κ2) is 11.8. The van der Waals surface area contributed by atoms with E-state index in [4.69, 9.17) is 16.3 Å². The molecule has 1 unspecified atom stereocenters. The van der Waals surface area contributed by atoms with Gasteiger partial charge >= 0.3 is 5.97 Å². The Hall–Kier alpha value is -2.20. The number of carboxylic acid groups (broad SMARTS) is 1. The van der Waals surface area contributed by atoms with E-state index in [-0.39, 0.29) is 22.2 Å². The fourth-order valence-electron chi connectivity index (χ4n) is 2.99. The molecule has 0 saturated carbocycles. The number of rotatable bonds is 11. The van der Waals surface area contributed by atoms with Gasteiger partial charge in [0.25, 0.3) is 11.8 Å². The summed E-state index contributed by atoms with van der Waals surface area (Å²) in [5.41, 5.74) is 11.1. The van der Waals surface area contributed by atoms with Gasteiger partial charge in [0.1, 0.15) is 29.9 Å². The van der Waals surface area contributed by atoms with Crippen molar-refractivity contribution in [1.82, 2.24) is 15.2 Å². The van der Waals surface area contributed by atoms with Crippen molar-refractivity contribution in [2.24, 2.45) is 10.9 Å². The smallest absolute Gasteiger partial charge is 0.353 e. The normalized spacial score (nSPS) is 20.6. The van der Waals surface area contributed by atoms with E-state index >= 15 is 0 Å². The second-order valence-corrected chi connectivity index (χ2v) is 10.6. The van der Waals surface area contributed by atoms with Crippen molar-refractivity contribution >= 4 is 75.2 Å². The van der Waals surface area contributed by atoms with Crippen LogP contribution < -0.4 is 16.8 Å². The van der Waals surface area contributed by atoms with E-state index in [1.54, 1.807) is 17.1 Å². The van der Waals surface area contributed by atoms with Crippen LogP contribution in [0, 0.1) is 0 Å². The van der Waals surface area contributed by atoms with Crippen molar-refractivity contribution in [3.05, 3.63) is 33.2 Å². The lowest BCUT2D eigenvalue weighted by Gasteiger charge is -2.49. The highest BCUT2D eigenvalue weighted by Gasteiger charge is 2.54. The summed E-state index contributed by atoms with van der Waals surface area (Å²) in [4.78, 5) is 48.0. The maximum atomic E-state index is 12.8. The minimum Gasteiger partial charge on any atom is -0.477 e. The first-order valence-corrected chi connectivity index (χ1v) is 13.5. The Labute approximate surface area is 206 Å². The molecule has 178 valence electrons. The topological polar surface area (TPSA) is 173 Å². The number of carboxylic acids is 1. The molecule has 3 heterocycles. The van der Waals surface area contributed by atoms with Gasteiger partial charge in [-0.3, -0.25) is 14.5 Å². The number of amides is 2. The third-order valence-electron chi connectivity index (χ3n) is 4.37. The molecule has 2 aliphatic heterocycles. The van der Waals surface area contributed by atoms with E-state index in [1.165, 1.54) is 35.5 Å². The monoisotopic (exact) mass is 530 g/mol. The number of anilines is 1. The number of thioether (sulfide) groups is 3. The molecule has 1 fully saturated rings. The fourth-order valence-corrected chi connectivity index (χ4v) is 6.55. The first-order chi connectivity index (χ1) is 15.9. The van der Waals surface area contributed by atoms with E-state index in [0.29, 0.717) is 17.2 Å². The fraction of sp³-hybridized carbons (Fsp3) is 0.389. The molecule has 2 atom stereocenters. The number of carbonyl (C=O) groups excluding carboxylic acids is 2. The molecule has 0 aliphatic carbocycles. The third-order valence-corrected chi connectivity index (χ3v) is 8.41. The largest absolute Gasteiger partial charge is 0.477 e. The highest BCUT2D eigenvalue weighted by molar-refractivity contribution is 8.08. The Bertz CT molecular complexity index is 1010. The third kappa shape index (κ3) is 5.84. The average Bonchev–Trinajstić information content (AvgIpc) is 3.22. The molecule has 1 saturated heterocycles. The summed E-state index contributed by atoms with van der Waals surface area (Å²) in [7, 11) is 1.28. The molecule has 0 spiro atoms. The van der Waals surface area contributed by atoms with Gasteiger partial charge < -0.3 is 26.7 Å². The number of nitrogen functional groups attached to an aromatic ring is 1. The van der Waals surface area contributed by atoms with Gasteiger partial charge in [0.2, 0.25) is 0 Å². The molecular formula is C18H22N6O5S4. The summed E-state index contributed by atoms with van der Waals surface area (Å²) in [5.74, 6) is -0.353. The van der Waals surface area contributed by atoms with Crippen molar-refractivity contribution in [2.75, 3.05) is 36.6 Å². The van der Waals surface area contributed by atoms with Crippen LogP contribution in [0.3, 0.4) is 0 Å². The van der Waals surface area contributed by atoms with Crippen LogP contribution in [-0.4, -0.2) is 80.8 Å². The quantitative estimate of drug-likeness (QED) is 0.137. The zero-order valence-corrected chi connectivity index (χ0v) is 20.7. The van der Waals surface area contributed by atoms with E-state index < -0.39 is 29.2 Å². The zero-order valence-electron chi connectivity index (χ0n) is 17.4. The number of hydrogen-bond donors (Lipinski definition) is 4. The molecule has 33 heavy (non-hydrogen) atoms. The number of hydrogen-bond acceptors (Lipinski definition) is 12. The number of aliphatic carboxylic acids is 1. The molecule has 0 radical (unpaired) electrons. The van der Waals surface area contributed by atoms with Gasteiger partial charge in [-0.2, -0.15) is 11.8 Å². The summed E-state index contributed by atoms with van der Waals surface area (Å²) < 4.78 is 0. The molecule has 2 amide bonds. The van der Waals surface area contributed by atoms with Crippen LogP contribution in [0.5, 0.6) is 0 Å². The van der Waals surface area contributed by atoms with Crippen LogP contribution in [0.25, 0.3) is 0 Å². The van der Waals surface area contributed by atoms with Crippen molar-refractivity contribution in [3.63, 3.8) is 0 Å². The molecule has 11 nitrogen and oxygen atoms in total. The minimum absolute atomic E-state index is 0.0587. The zero-order chi connectivity index (χ0) is 24.0. The number of nitrogens with zero attached hydrogens (tertiary/aromatic N) is 3. The van der Waals surface area contributed by atoms with Crippen molar-refractivity contribution < 1.29 is 24.3 Å². The SMILES string of the molecule is CO/N=C(\C(=O)NC1C(=O)N2C(C(=O)O)=C(S/C=C\CSCCN)CS[C@H]12)c1csc(N)n1. The van der Waals surface area contributed by atoms with E-state index in [0.717, 1.165) is 22.8 Å². The summed E-state index contributed by atoms with van der Waals surface area (Å²) in [6.07, 6.45) is 1.93. The van der Waals surface area contributed by atoms with Crippen molar-refractivity contribution in [1.29, 1.82) is 0 Å². The number of carbonyl (C=O) groups is 3. The van der Waals surface area contributed by atoms with Crippen LogP contribution in [0.2, 0.25) is 0 Å². The van der Waals surface area contributed by atoms with E-state index in [9.17, 15) is 19.5 Å². The molecule has 1 aromatic rings. The average molecular weight is 531 g/mol. The second-order valence-electron chi connectivity index (χ2n) is 6.48. The molecule has 0 aromatic carbocycles. The standard InChI is InChI=1S/C18H22N6O5S4/c1-29-23-11(9-7-33-18(20)21-9)14(25)22-12-15(26)24-13(17(27)28)10(8-32-16(12)24)31-5-2-4-30-6-3-19/h2,5,7,12,16H,3-4,6,8,19H2,1H3,(H2,20,21)(H,22,25)(H,27,28)/b5-2-,23-11-/t12?,16-/m1/s1. The van der Waals surface area contributed by atoms with E-state index in [1.807, 2.05) is 11.5 Å². The Morgan fingerprint density at radius 1 is 1.52 bits per heavy atom. The van der Waals surface area contributed by atoms with Gasteiger partial charge in [0.15, 0.2) is 10.8 Å². The number of β-lactam (4-membered cyclic amide) rings is 1. The molecule has 2 aliphatic rings. The molecule has 1 aromatic heterocycles. The van der Waals surface area contributed by atoms with Gasteiger partial charge in [-0.1, -0.05) is 23.0 Å². The maximum Gasteiger partial charge on any atom is 0.353 e. The highest BCUT2D eigenvalue weighted by Crippen LogP contribution is 2.43. The molecule has 6 N–H and O–H groups in total. The summed E-state index contributed by atoms with van der Waals surface area (Å²) in [5, 5.41) is 19.1. The summed E-state index contributed by atoms with van der Waals surface area (Å²) >= 11 is 5.47. The van der Waals surface area contributed by atoms with Gasteiger partial charge in [-0.15, -0.1) is 23.1 Å². The summed E-state index contributed by atoms with van der Waals surface area (Å²) in [6.45, 7) is 0.601. The lowest BCUT2D eigenvalue weighted by Crippen LogP contribution is -2.71. The number of aromatic nitrogens is 1. The van der Waals surface area contributed by atoms with Crippen molar-refractivity contribution in [2.45, 2.75) is 11.4 Å². The number of oxime groups is 1. The molecule has 3 rings (SSSR count). The molecule has 15 heteroatoms. The van der Waals surface area contributed by atoms with Gasteiger partial charge in [0.05, 0.1) is 0 Å². The summed E-state index contributed by atoms with van der Waals surface area (Å²) in [6, 6.07) is -0.898. The van der Waals surface area contributed by atoms with Gasteiger partial charge in [-0.25, -0.2) is 9.78 Å². The minimum atomic E-state index is -1.19. The van der Waals surface area contributed by atoms with Crippen LogP contribution >= 0.6 is 46.6 Å². The molecular weight excluding hydrogens is 509 g/mol. The predicted octanol–water partition coefficient (Wildman–Crippen LogP) is 0.711. The first kappa shape index (κ1) is 25.4. The first-order valence-electron chi connectivity index (χ1n) is 9.53. The number of fused-ring (bicyclic) bond motifs is 1. The van der Waals surface area contributed by atoms with Crippen LogP contribution in [-0.2, 0) is 19.2 Å². The lowest BCUT2D eigenvalue weighted by molar-refractivity contribution is -0.150. The number of nitrogens with two attached hydrogens (primary N) is 2. The number of thiazole rings is 1. The van der Waals surface area contributed by atoms with Crippen LogP contribution in [0.15, 0.2) is 32.6 Å². The Morgan fingerprint density at radius 2 is 2.30 bits per heavy atom. The van der Waals surface area contributed by atoms with Gasteiger partial charge in [0, 0.05) is 34.1 Å². The Kier molecular flexibility index (Phi) is 9.08. The van der Waals surface area contributed by atoms with Crippen molar-refractivity contribution in [3.8, 4) is 0 Å². The van der Waals surface area contributed by atoms with Crippen LogP contribution in [0.1, 0.15) is 5.69 Å². The lowest BCUT2D eigenvalue weighted by atomic mass is 10.0. The Morgan fingerprint density at radius 3 is 2.94 bits per heavy atom. The maximum absolute atomic E-state index is 12.8. The van der Waals surface area contributed by atoms with Crippen LogP contribution in [0.4, 0.5) is 5.13 Å². The highest BCUT2D eigenvalue weighted by atomic mass is 32.2. The van der Waals surface area contributed by atoms with Gasteiger partial charge in [-0.05, 0) is 5.41 Å².